The summed E-state index contributed by atoms with van der Waals surface area (Å²) in [6.45, 7) is 2.56. The first-order valence-corrected chi connectivity index (χ1v) is 5.28. The van der Waals surface area contributed by atoms with E-state index in [1.807, 2.05) is 14.1 Å². The molecular weight excluding hydrogens is 208 g/mol. The number of aromatic carboxylic acids is 1. The minimum Gasteiger partial charge on any atom is -0.475 e. The van der Waals surface area contributed by atoms with Crippen LogP contribution in [0.2, 0.25) is 0 Å². The Balaban J connectivity index is 2.37. The van der Waals surface area contributed by atoms with Crippen LogP contribution in [0, 0.1) is 0 Å². The lowest BCUT2D eigenvalue weighted by Gasteiger charge is -2.14. The average molecular weight is 226 g/mol. The zero-order chi connectivity index (χ0) is 12.0. The van der Waals surface area contributed by atoms with Gasteiger partial charge in [0.1, 0.15) is 5.76 Å². The normalized spacial score (nSPS) is 10.9. The maximum absolute atomic E-state index is 10.6. The van der Waals surface area contributed by atoms with E-state index >= 15 is 0 Å². The van der Waals surface area contributed by atoms with Crippen molar-refractivity contribution in [3.05, 3.63) is 23.7 Å². The predicted octanol–water partition coefficient (Wildman–Crippen LogP) is 1.02. The third kappa shape index (κ3) is 4.04. The minimum atomic E-state index is -1.02. The van der Waals surface area contributed by atoms with Crippen LogP contribution in [-0.2, 0) is 6.54 Å². The van der Waals surface area contributed by atoms with Gasteiger partial charge in [0, 0.05) is 0 Å². The first kappa shape index (κ1) is 12.7. The monoisotopic (exact) mass is 226 g/mol. The molecule has 1 aromatic heterocycles. The molecule has 1 heterocycles. The molecule has 1 aromatic rings. The molecule has 0 aliphatic rings. The van der Waals surface area contributed by atoms with E-state index in [4.69, 9.17) is 9.52 Å². The van der Waals surface area contributed by atoms with Crippen molar-refractivity contribution in [2.24, 2.45) is 0 Å². The summed E-state index contributed by atoms with van der Waals surface area (Å²) in [7, 11) is 3.91. The van der Waals surface area contributed by atoms with Crippen molar-refractivity contribution >= 4 is 5.97 Å². The Labute approximate surface area is 95.0 Å². The lowest BCUT2D eigenvalue weighted by atomic mass is 10.3. The van der Waals surface area contributed by atoms with Crippen LogP contribution in [0.4, 0.5) is 0 Å². The molecule has 5 nitrogen and oxygen atoms in total. The van der Waals surface area contributed by atoms with Gasteiger partial charge in [-0.1, -0.05) is 0 Å². The number of carboxylic acid groups (broad SMARTS) is 1. The molecule has 0 aromatic carbocycles. The summed E-state index contributed by atoms with van der Waals surface area (Å²) in [5.41, 5.74) is 0. The van der Waals surface area contributed by atoms with Gasteiger partial charge in [-0.2, -0.15) is 0 Å². The standard InChI is InChI=1S/C11H18N2O3/c1-12-6-3-7-13(2)8-9-4-5-10(16-9)11(14)15/h4-5,12H,3,6-8H2,1-2H3,(H,14,15). The summed E-state index contributed by atoms with van der Waals surface area (Å²) in [4.78, 5) is 12.7. The van der Waals surface area contributed by atoms with Gasteiger partial charge >= 0.3 is 5.97 Å². The summed E-state index contributed by atoms with van der Waals surface area (Å²) in [6, 6.07) is 3.19. The molecule has 0 atom stereocenters. The molecule has 0 saturated heterocycles. The van der Waals surface area contributed by atoms with Gasteiger partial charge < -0.3 is 14.8 Å². The highest BCUT2D eigenvalue weighted by atomic mass is 16.4. The van der Waals surface area contributed by atoms with Gasteiger partial charge in [-0.3, -0.25) is 4.90 Å². The lowest BCUT2D eigenvalue weighted by Crippen LogP contribution is -2.22. The average Bonchev–Trinajstić information content (AvgIpc) is 2.66. The Morgan fingerprint density at radius 2 is 2.31 bits per heavy atom. The lowest BCUT2D eigenvalue weighted by molar-refractivity contribution is 0.0658. The van der Waals surface area contributed by atoms with E-state index in [2.05, 4.69) is 10.2 Å². The molecule has 0 aliphatic carbocycles. The van der Waals surface area contributed by atoms with Crippen molar-refractivity contribution in [2.75, 3.05) is 27.2 Å². The largest absolute Gasteiger partial charge is 0.475 e. The number of furan rings is 1. The molecule has 0 fully saturated rings. The van der Waals surface area contributed by atoms with Gasteiger partial charge in [0.15, 0.2) is 0 Å². The third-order valence-corrected chi connectivity index (χ3v) is 2.26. The molecule has 0 spiro atoms. The van der Waals surface area contributed by atoms with Crippen LogP contribution in [0.25, 0.3) is 0 Å². The Kier molecular flexibility index (Phi) is 5.01. The fourth-order valence-corrected chi connectivity index (χ4v) is 1.45. The number of carbonyl (C=O) groups is 1. The molecular formula is C11H18N2O3. The van der Waals surface area contributed by atoms with Crippen LogP contribution < -0.4 is 5.32 Å². The van der Waals surface area contributed by atoms with Crippen LogP contribution >= 0.6 is 0 Å². The van der Waals surface area contributed by atoms with Crippen molar-refractivity contribution in [3.63, 3.8) is 0 Å². The van der Waals surface area contributed by atoms with E-state index in [9.17, 15) is 4.79 Å². The minimum absolute atomic E-state index is 0.00127. The summed E-state index contributed by atoms with van der Waals surface area (Å²) >= 11 is 0. The van der Waals surface area contributed by atoms with E-state index in [-0.39, 0.29) is 5.76 Å². The van der Waals surface area contributed by atoms with E-state index in [0.29, 0.717) is 12.3 Å². The van der Waals surface area contributed by atoms with E-state index in [0.717, 1.165) is 19.5 Å². The van der Waals surface area contributed by atoms with Gasteiger partial charge in [0.05, 0.1) is 6.54 Å². The van der Waals surface area contributed by atoms with E-state index < -0.39 is 5.97 Å². The second-order valence-corrected chi connectivity index (χ2v) is 3.77. The summed E-state index contributed by atoms with van der Waals surface area (Å²) in [5, 5.41) is 11.8. The number of rotatable bonds is 7. The van der Waals surface area contributed by atoms with Gasteiger partial charge in [0.25, 0.3) is 0 Å². The maximum atomic E-state index is 10.6. The highest BCUT2D eigenvalue weighted by Gasteiger charge is 2.09. The molecule has 0 radical (unpaired) electrons. The molecule has 0 unspecified atom stereocenters. The van der Waals surface area contributed by atoms with Crippen LogP contribution in [0.5, 0.6) is 0 Å². The van der Waals surface area contributed by atoms with Gasteiger partial charge in [0.2, 0.25) is 5.76 Å². The Hall–Kier alpha value is -1.33. The third-order valence-electron chi connectivity index (χ3n) is 2.26. The SMILES string of the molecule is CNCCCN(C)Cc1ccc(C(=O)O)o1. The van der Waals surface area contributed by atoms with Crippen molar-refractivity contribution < 1.29 is 14.3 Å². The molecule has 1 rings (SSSR count). The zero-order valence-electron chi connectivity index (χ0n) is 9.69. The molecule has 5 heteroatoms. The first-order valence-electron chi connectivity index (χ1n) is 5.28. The summed E-state index contributed by atoms with van der Waals surface area (Å²) in [5.74, 6) is -0.341. The van der Waals surface area contributed by atoms with Crippen molar-refractivity contribution in [1.29, 1.82) is 0 Å². The maximum Gasteiger partial charge on any atom is 0.371 e. The molecule has 0 bridgehead atoms. The number of nitrogens with zero attached hydrogens (tertiary/aromatic N) is 1. The topological polar surface area (TPSA) is 65.7 Å². The predicted molar refractivity (Wildman–Crippen MR) is 60.5 cm³/mol. The number of hydrogen-bond acceptors (Lipinski definition) is 4. The number of nitrogens with one attached hydrogen (secondary N) is 1. The highest BCUT2D eigenvalue weighted by molar-refractivity contribution is 5.84. The van der Waals surface area contributed by atoms with Crippen LogP contribution in [0.15, 0.2) is 16.5 Å². The molecule has 2 N–H and O–H groups in total. The summed E-state index contributed by atoms with van der Waals surface area (Å²) in [6.07, 6.45) is 1.06. The van der Waals surface area contributed by atoms with Gasteiger partial charge in [-0.15, -0.1) is 0 Å². The van der Waals surface area contributed by atoms with E-state index in [1.54, 1.807) is 6.07 Å². The fourth-order valence-electron chi connectivity index (χ4n) is 1.45. The smallest absolute Gasteiger partial charge is 0.371 e. The first-order chi connectivity index (χ1) is 7.63. The van der Waals surface area contributed by atoms with Gasteiger partial charge in [-0.05, 0) is 45.7 Å². The van der Waals surface area contributed by atoms with Crippen molar-refractivity contribution in [1.82, 2.24) is 10.2 Å². The van der Waals surface area contributed by atoms with Crippen LogP contribution in [0.3, 0.4) is 0 Å². The van der Waals surface area contributed by atoms with Crippen molar-refractivity contribution in [3.8, 4) is 0 Å². The van der Waals surface area contributed by atoms with Gasteiger partial charge in [-0.25, -0.2) is 4.79 Å². The molecule has 16 heavy (non-hydrogen) atoms. The molecule has 0 saturated carbocycles. The molecule has 0 aliphatic heterocycles. The molecule has 0 amide bonds. The molecule has 90 valence electrons. The van der Waals surface area contributed by atoms with Crippen LogP contribution in [0.1, 0.15) is 22.7 Å². The summed E-state index contributed by atoms with van der Waals surface area (Å²) < 4.78 is 5.17. The zero-order valence-corrected chi connectivity index (χ0v) is 9.69. The second-order valence-electron chi connectivity index (χ2n) is 3.77. The highest BCUT2D eigenvalue weighted by Crippen LogP contribution is 2.09. The Morgan fingerprint density at radius 3 is 2.88 bits per heavy atom. The second kappa shape index (κ2) is 6.30. The number of carboxylic acids is 1. The fraction of sp³-hybridized carbons (Fsp3) is 0.545. The van der Waals surface area contributed by atoms with Crippen LogP contribution in [-0.4, -0.2) is 43.2 Å². The van der Waals surface area contributed by atoms with Crippen molar-refractivity contribution in [2.45, 2.75) is 13.0 Å². The Morgan fingerprint density at radius 1 is 1.56 bits per heavy atom. The Bertz CT molecular complexity index is 336. The quantitative estimate of drug-likeness (QED) is 0.679. The number of hydrogen-bond donors (Lipinski definition) is 2. The van der Waals surface area contributed by atoms with E-state index in [1.165, 1.54) is 6.07 Å².